The molecule has 0 aliphatic carbocycles. The van der Waals surface area contributed by atoms with Crippen LogP contribution in [-0.2, 0) is 6.54 Å². The van der Waals surface area contributed by atoms with Crippen LogP contribution in [0.25, 0.3) is 11.1 Å². The van der Waals surface area contributed by atoms with Crippen LogP contribution in [0.3, 0.4) is 0 Å². The number of ether oxygens (including phenoxy) is 2. The molecule has 0 saturated heterocycles. The highest BCUT2D eigenvalue weighted by molar-refractivity contribution is 5.63. The Hall–Kier alpha value is -3.11. The number of hydrogen-bond acceptors (Lipinski definition) is 3. The van der Waals surface area contributed by atoms with Gasteiger partial charge in [0.15, 0.2) is 0 Å². The zero-order valence-electron chi connectivity index (χ0n) is 16.8. The normalized spacial score (nSPS) is 11.7. The van der Waals surface area contributed by atoms with Crippen molar-refractivity contribution < 1.29 is 13.9 Å². The molecule has 0 radical (unpaired) electrons. The van der Waals surface area contributed by atoms with Crippen LogP contribution in [0.1, 0.15) is 23.6 Å². The molecule has 0 aromatic heterocycles. The zero-order valence-corrected chi connectivity index (χ0v) is 16.8. The van der Waals surface area contributed by atoms with Crippen molar-refractivity contribution in [3.8, 4) is 22.6 Å². The van der Waals surface area contributed by atoms with Crippen molar-refractivity contribution >= 4 is 0 Å². The molecule has 0 amide bonds. The Morgan fingerprint density at radius 1 is 0.931 bits per heavy atom. The summed E-state index contributed by atoms with van der Waals surface area (Å²) in [6.45, 7) is 4.51. The molecule has 1 atom stereocenters. The highest BCUT2D eigenvalue weighted by Crippen LogP contribution is 2.37. The molecule has 0 heterocycles. The van der Waals surface area contributed by atoms with Crippen molar-refractivity contribution in [1.82, 2.24) is 5.32 Å². The summed E-state index contributed by atoms with van der Waals surface area (Å²) in [6, 6.07) is 21.3. The number of hydrogen-bond donors (Lipinski definition) is 1. The monoisotopic (exact) mass is 391 g/mol. The van der Waals surface area contributed by atoms with Crippen LogP contribution in [0.4, 0.5) is 4.39 Å². The molecule has 0 aliphatic rings. The topological polar surface area (TPSA) is 30.5 Å². The van der Waals surface area contributed by atoms with Gasteiger partial charge in [-0.1, -0.05) is 54.6 Å². The summed E-state index contributed by atoms with van der Waals surface area (Å²) in [5, 5.41) is 3.55. The van der Waals surface area contributed by atoms with Gasteiger partial charge in [-0.25, -0.2) is 4.39 Å². The van der Waals surface area contributed by atoms with Gasteiger partial charge < -0.3 is 14.8 Å². The minimum Gasteiger partial charge on any atom is -0.496 e. The van der Waals surface area contributed by atoms with Gasteiger partial charge in [-0.05, 0) is 29.2 Å². The van der Waals surface area contributed by atoms with Gasteiger partial charge in [0.2, 0.25) is 0 Å². The molecule has 4 heteroatoms. The predicted octanol–water partition coefficient (Wildman–Crippen LogP) is 5.92. The van der Waals surface area contributed by atoms with E-state index in [0.29, 0.717) is 24.5 Å². The molecule has 3 rings (SSSR count). The first-order valence-corrected chi connectivity index (χ1v) is 9.56. The predicted molar refractivity (Wildman–Crippen MR) is 116 cm³/mol. The van der Waals surface area contributed by atoms with E-state index in [9.17, 15) is 4.39 Å². The molecule has 150 valence electrons. The number of nitrogens with one attached hydrogen (secondary N) is 1. The third-order valence-electron chi connectivity index (χ3n) is 4.85. The highest BCUT2D eigenvalue weighted by atomic mass is 19.1. The van der Waals surface area contributed by atoms with E-state index in [4.69, 9.17) is 9.47 Å². The molecule has 3 aromatic rings. The minimum absolute atomic E-state index is 0.126. The van der Waals surface area contributed by atoms with E-state index in [-0.39, 0.29) is 6.04 Å². The molecule has 3 nitrogen and oxygen atoms in total. The van der Waals surface area contributed by atoms with Crippen molar-refractivity contribution in [2.24, 2.45) is 0 Å². The third-order valence-corrected chi connectivity index (χ3v) is 4.85. The second kappa shape index (κ2) is 9.89. The van der Waals surface area contributed by atoms with E-state index < -0.39 is 5.82 Å². The Bertz CT molecular complexity index is 931. The van der Waals surface area contributed by atoms with Crippen molar-refractivity contribution in [3.63, 3.8) is 0 Å². The summed E-state index contributed by atoms with van der Waals surface area (Å²) in [6.07, 6.45) is 2.48. The van der Waals surface area contributed by atoms with Gasteiger partial charge in [-0.15, -0.1) is 6.58 Å². The summed E-state index contributed by atoms with van der Waals surface area (Å²) >= 11 is 0. The fourth-order valence-electron chi connectivity index (χ4n) is 3.45. The van der Waals surface area contributed by atoms with Crippen LogP contribution < -0.4 is 14.8 Å². The van der Waals surface area contributed by atoms with Gasteiger partial charge in [0.05, 0.1) is 19.8 Å². The first-order valence-electron chi connectivity index (χ1n) is 9.56. The van der Waals surface area contributed by atoms with E-state index in [1.807, 2.05) is 24.3 Å². The Labute approximate surface area is 171 Å². The van der Waals surface area contributed by atoms with Crippen molar-refractivity contribution in [2.45, 2.75) is 19.0 Å². The largest absolute Gasteiger partial charge is 0.496 e. The number of benzene rings is 3. The van der Waals surface area contributed by atoms with Gasteiger partial charge in [0, 0.05) is 24.7 Å². The molecular formula is C25H26FNO2. The summed E-state index contributed by atoms with van der Waals surface area (Å²) in [4.78, 5) is 0. The van der Waals surface area contributed by atoms with Gasteiger partial charge in [0.1, 0.15) is 17.3 Å². The van der Waals surface area contributed by atoms with E-state index in [2.05, 4.69) is 48.3 Å². The molecule has 0 fully saturated rings. The second-order valence-electron chi connectivity index (χ2n) is 6.75. The standard InChI is InChI=1S/C25H26FNO2/c1-4-9-22(25-23(28-2)15-21(26)16-24(25)29-3)27-17-18-10-8-13-20(14-18)19-11-6-5-7-12-19/h4-8,10-16,22,27H,1,9,17H2,2-3H3. The zero-order chi connectivity index (χ0) is 20.6. The lowest BCUT2D eigenvalue weighted by Gasteiger charge is -2.23. The fraction of sp³-hybridized carbons (Fsp3) is 0.200. The maximum absolute atomic E-state index is 13.9. The summed E-state index contributed by atoms with van der Waals surface area (Å²) < 4.78 is 24.7. The van der Waals surface area contributed by atoms with Gasteiger partial charge in [0.25, 0.3) is 0 Å². The number of methoxy groups -OCH3 is 2. The molecule has 0 saturated carbocycles. The van der Waals surface area contributed by atoms with E-state index in [0.717, 1.165) is 11.1 Å². The third kappa shape index (κ3) is 5.04. The lowest BCUT2D eigenvalue weighted by atomic mass is 9.99. The Morgan fingerprint density at radius 3 is 2.21 bits per heavy atom. The van der Waals surface area contributed by atoms with Gasteiger partial charge >= 0.3 is 0 Å². The average molecular weight is 391 g/mol. The van der Waals surface area contributed by atoms with Crippen LogP contribution >= 0.6 is 0 Å². The van der Waals surface area contributed by atoms with Crippen LogP contribution in [-0.4, -0.2) is 14.2 Å². The van der Waals surface area contributed by atoms with Crippen molar-refractivity contribution in [2.75, 3.05) is 14.2 Å². The van der Waals surface area contributed by atoms with Crippen LogP contribution in [0, 0.1) is 5.82 Å². The average Bonchev–Trinajstić information content (AvgIpc) is 2.77. The minimum atomic E-state index is -0.393. The summed E-state index contributed by atoms with van der Waals surface area (Å²) in [7, 11) is 3.07. The molecule has 1 N–H and O–H groups in total. The Kier molecular flexibility index (Phi) is 7.04. The smallest absolute Gasteiger partial charge is 0.130 e. The molecular weight excluding hydrogens is 365 g/mol. The Morgan fingerprint density at radius 2 is 1.59 bits per heavy atom. The van der Waals surface area contributed by atoms with Gasteiger partial charge in [-0.2, -0.15) is 0 Å². The highest BCUT2D eigenvalue weighted by Gasteiger charge is 2.21. The van der Waals surface area contributed by atoms with Crippen molar-refractivity contribution in [3.05, 3.63) is 96.3 Å². The van der Waals surface area contributed by atoms with Crippen LogP contribution in [0.5, 0.6) is 11.5 Å². The van der Waals surface area contributed by atoms with Crippen LogP contribution in [0.15, 0.2) is 79.4 Å². The Balaban J connectivity index is 1.85. The first-order chi connectivity index (χ1) is 14.2. The number of halogens is 1. The summed E-state index contributed by atoms with van der Waals surface area (Å²) in [5.74, 6) is 0.522. The molecule has 29 heavy (non-hydrogen) atoms. The lowest BCUT2D eigenvalue weighted by Crippen LogP contribution is -2.22. The van der Waals surface area contributed by atoms with Gasteiger partial charge in [-0.3, -0.25) is 0 Å². The maximum atomic E-state index is 13.9. The van der Waals surface area contributed by atoms with Crippen LogP contribution in [0.2, 0.25) is 0 Å². The van der Waals surface area contributed by atoms with E-state index in [1.54, 1.807) is 0 Å². The first kappa shape index (κ1) is 20.6. The fourth-order valence-corrected chi connectivity index (χ4v) is 3.45. The molecule has 1 unspecified atom stereocenters. The quantitative estimate of drug-likeness (QED) is 0.460. The van der Waals surface area contributed by atoms with Crippen molar-refractivity contribution in [1.29, 1.82) is 0 Å². The van der Waals surface area contributed by atoms with E-state index >= 15 is 0 Å². The maximum Gasteiger partial charge on any atom is 0.130 e. The number of rotatable bonds is 9. The molecule has 3 aromatic carbocycles. The summed E-state index contributed by atoms with van der Waals surface area (Å²) in [5.41, 5.74) is 4.29. The molecule has 0 bridgehead atoms. The lowest BCUT2D eigenvalue weighted by molar-refractivity contribution is 0.365. The molecule has 0 aliphatic heterocycles. The second-order valence-corrected chi connectivity index (χ2v) is 6.75. The SMILES string of the molecule is C=CCC(NCc1cccc(-c2ccccc2)c1)c1c(OC)cc(F)cc1OC. The molecule has 0 spiro atoms. The van der Waals surface area contributed by atoms with E-state index in [1.165, 1.54) is 37.5 Å².